The van der Waals surface area contributed by atoms with Crippen LogP contribution in [0.5, 0.6) is 0 Å². The quantitative estimate of drug-likeness (QED) is 0.529. The summed E-state index contributed by atoms with van der Waals surface area (Å²) in [4.78, 5) is 44.1. The van der Waals surface area contributed by atoms with Crippen LogP contribution < -0.4 is 16.0 Å². The van der Waals surface area contributed by atoms with E-state index in [9.17, 15) is 14.4 Å². The van der Waals surface area contributed by atoms with E-state index in [-0.39, 0.29) is 37.1 Å². The summed E-state index contributed by atoms with van der Waals surface area (Å²) in [6, 6.07) is 12.3. The van der Waals surface area contributed by atoms with Gasteiger partial charge < -0.3 is 10.6 Å². The van der Waals surface area contributed by atoms with Crippen LogP contribution in [0.1, 0.15) is 22.5 Å². The van der Waals surface area contributed by atoms with Crippen LogP contribution in [-0.2, 0) is 16.0 Å². The van der Waals surface area contributed by atoms with Crippen molar-refractivity contribution >= 4 is 39.9 Å². The van der Waals surface area contributed by atoms with Gasteiger partial charge in [0.2, 0.25) is 11.8 Å². The highest BCUT2D eigenvalue weighted by Crippen LogP contribution is 2.17. The number of pyridine rings is 1. The number of aromatic nitrogens is 2. The zero-order valence-electron chi connectivity index (χ0n) is 15.4. The molecule has 8 nitrogen and oxygen atoms in total. The summed E-state index contributed by atoms with van der Waals surface area (Å²) >= 11 is 1.25. The third kappa shape index (κ3) is 6.51. The fourth-order valence-electron chi connectivity index (χ4n) is 2.41. The molecule has 0 saturated carbocycles. The van der Waals surface area contributed by atoms with Gasteiger partial charge in [0.25, 0.3) is 5.91 Å². The molecule has 3 rings (SSSR count). The summed E-state index contributed by atoms with van der Waals surface area (Å²) in [5.41, 5.74) is 1.69. The van der Waals surface area contributed by atoms with Crippen molar-refractivity contribution < 1.29 is 14.4 Å². The fourth-order valence-corrected chi connectivity index (χ4v) is 3.11. The standard InChI is InChI=1S/C20H19N5O3S/c26-17(23-15-7-4-9-21-12-15)8-10-22-18(27)11-16-13-29-20(24-16)25-19(28)14-5-2-1-3-6-14/h1-7,9,12-13H,8,10-11H2,(H,22,27)(H,23,26)(H,24,25,28). The van der Waals surface area contributed by atoms with Crippen molar-refractivity contribution in [3.8, 4) is 0 Å². The van der Waals surface area contributed by atoms with Gasteiger partial charge in [-0.15, -0.1) is 11.3 Å². The number of amides is 3. The number of benzene rings is 1. The lowest BCUT2D eigenvalue weighted by Crippen LogP contribution is -2.29. The lowest BCUT2D eigenvalue weighted by atomic mass is 10.2. The van der Waals surface area contributed by atoms with Crippen molar-refractivity contribution in [1.29, 1.82) is 0 Å². The first-order valence-electron chi connectivity index (χ1n) is 8.87. The lowest BCUT2D eigenvalue weighted by Gasteiger charge is -2.06. The van der Waals surface area contributed by atoms with E-state index >= 15 is 0 Å². The molecule has 2 aromatic heterocycles. The highest BCUT2D eigenvalue weighted by atomic mass is 32.1. The molecule has 0 bridgehead atoms. The molecule has 3 aromatic rings. The lowest BCUT2D eigenvalue weighted by molar-refractivity contribution is -0.120. The number of thiazole rings is 1. The molecule has 2 heterocycles. The third-order valence-corrected chi connectivity index (χ3v) is 4.58. The Kier molecular flexibility index (Phi) is 7.01. The maximum atomic E-state index is 12.1. The fraction of sp³-hybridized carbons (Fsp3) is 0.150. The molecule has 0 aliphatic rings. The second-order valence-corrected chi connectivity index (χ2v) is 6.89. The van der Waals surface area contributed by atoms with Crippen molar-refractivity contribution in [3.63, 3.8) is 0 Å². The summed E-state index contributed by atoms with van der Waals surface area (Å²) in [5.74, 6) is -0.709. The molecule has 0 radical (unpaired) electrons. The molecule has 0 atom stereocenters. The van der Waals surface area contributed by atoms with Gasteiger partial charge in [0.15, 0.2) is 5.13 Å². The zero-order chi connectivity index (χ0) is 20.5. The first kappa shape index (κ1) is 20.2. The maximum Gasteiger partial charge on any atom is 0.257 e. The third-order valence-electron chi connectivity index (χ3n) is 3.77. The van der Waals surface area contributed by atoms with Crippen molar-refractivity contribution in [2.45, 2.75) is 12.8 Å². The summed E-state index contributed by atoms with van der Waals surface area (Å²) in [6.07, 6.45) is 3.39. The van der Waals surface area contributed by atoms with E-state index in [0.29, 0.717) is 22.1 Å². The van der Waals surface area contributed by atoms with E-state index in [1.807, 2.05) is 6.07 Å². The van der Waals surface area contributed by atoms with Crippen molar-refractivity contribution in [1.82, 2.24) is 15.3 Å². The van der Waals surface area contributed by atoms with Gasteiger partial charge in [0, 0.05) is 30.1 Å². The Balaban J connectivity index is 1.39. The number of hydrogen-bond donors (Lipinski definition) is 3. The molecular weight excluding hydrogens is 390 g/mol. The SMILES string of the molecule is O=C(Cc1csc(NC(=O)c2ccccc2)n1)NCCC(=O)Nc1cccnc1. The van der Waals surface area contributed by atoms with Gasteiger partial charge in [0.1, 0.15) is 0 Å². The summed E-state index contributed by atoms with van der Waals surface area (Å²) < 4.78 is 0. The molecule has 0 saturated heterocycles. The van der Waals surface area contributed by atoms with Crippen LogP contribution in [0.4, 0.5) is 10.8 Å². The van der Waals surface area contributed by atoms with Gasteiger partial charge in [-0.1, -0.05) is 18.2 Å². The van der Waals surface area contributed by atoms with E-state index in [1.165, 1.54) is 11.3 Å². The minimum atomic E-state index is -0.254. The second kappa shape index (κ2) is 10.1. The monoisotopic (exact) mass is 409 g/mol. The number of rotatable bonds is 8. The Labute approximate surface area is 171 Å². The van der Waals surface area contributed by atoms with Crippen molar-refractivity contribution in [2.75, 3.05) is 17.2 Å². The van der Waals surface area contributed by atoms with Crippen molar-refractivity contribution in [2.24, 2.45) is 0 Å². The molecule has 3 N–H and O–H groups in total. The molecule has 29 heavy (non-hydrogen) atoms. The second-order valence-electron chi connectivity index (χ2n) is 6.03. The molecule has 0 aliphatic carbocycles. The molecule has 3 amide bonds. The predicted octanol–water partition coefficient (Wildman–Crippen LogP) is 2.48. The molecular formula is C20H19N5O3S. The molecule has 0 unspecified atom stereocenters. The van der Waals surface area contributed by atoms with Gasteiger partial charge >= 0.3 is 0 Å². The Morgan fingerprint density at radius 1 is 0.966 bits per heavy atom. The minimum Gasteiger partial charge on any atom is -0.355 e. The maximum absolute atomic E-state index is 12.1. The molecule has 0 aliphatic heterocycles. The van der Waals surface area contributed by atoms with Crippen LogP contribution in [0.3, 0.4) is 0 Å². The smallest absolute Gasteiger partial charge is 0.257 e. The number of carbonyl (C=O) groups excluding carboxylic acids is 3. The highest BCUT2D eigenvalue weighted by molar-refractivity contribution is 7.14. The average Bonchev–Trinajstić information content (AvgIpc) is 3.16. The first-order valence-corrected chi connectivity index (χ1v) is 9.75. The number of nitrogens with zero attached hydrogens (tertiary/aromatic N) is 2. The summed E-state index contributed by atoms with van der Waals surface area (Å²) in [5, 5.41) is 10.2. The number of hydrogen-bond acceptors (Lipinski definition) is 6. The number of nitrogens with one attached hydrogen (secondary N) is 3. The normalized spacial score (nSPS) is 10.2. The van der Waals surface area contributed by atoms with Crippen LogP contribution in [0.25, 0.3) is 0 Å². The van der Waals surface area contributed by atoms with E-state index < -0.39 is 0 Å². The van der Waals surface area contributed by atoms with Crippen LogP contribution in [0, 0.1) is 0 Å². The van der Waals surface area contributed by atoms with E-state index in [1.54, 1.807) is 54.2 Å². The van der Waals surface area contributed by atoms with Crippen LogP contribution in [0.15, 0.2) is 60.2 Å². The molecule has 0 spiro atoms. The van der Waals surface area contributed by atoms with Crippen molar-refractivity contribution in [3.05, 3.63) is 71.5 Å². The Hall–Kier alpha value is -3.59. The Morgan fingerprint density at radius 2 is 1.79 bits per heavy atom. The van der Waals surface area contributed by atoms with Crippen LogP contribution in [-0.4, -0.2) is 34.2 Å². The molecule has 0 fully saturated rings. The summed E-state index contributed by atoms with van der Waals surface area (Å²) in [6.45, 7) is 0.215. The number of carbonyl (C=O) groups is 3. The molecule has 9 heteroatoms. The minimum absolute atomic E-state index is 0.0714. The molecule has 1 aromatic carbocycles. The van der Waals surface area contributed by atoms with Gasteiger partial charge in [-0.2, -0.15) is 0 Å². The van der Waals surface area contributed by atoms with E-state index in [4.69, 9.17) is 0 Å². The Bertz CT molecular complexity index is 976. The van der Waals surface area contributed by atoms with Gasteiger partial charge in [-0.05, 0) is 24.3 Å². The van der Waals surface area contributed by atoms with E-state index in [0.717, 1.165) is 0 Å². The topological polar surface area (TPSA) is 113 Å². The molecule has 148 valence electrons. The summed E-state index contributed by atoms with van der Waals surface area (Å²) in [7, 11) is 0. The largest absolute Gasteiger partial charge is 0.355 e. The first-order chi connectivity index (χ1) is 14.1. The van der Waals surface area contributed by atoms with Gasteiger partial charge in [0.05, 0.1) is 24.0 Å². The number of anilines is 2. The van der Waals surface area contributed by atoms with Crippen LogP contribution >= 0.6 is 11.3 Å². The van der Waals surface area contributed by atoms with Crippen LogP contribution in [0.2, 0.25) is 0 Å². The van der Waals surface area contributed by atoms with Gasteiger partial charge in [-0.3, -0.25) is 24.7 Å². The zero-order valence-corrected chi connectivity index (χ0v) is 16.2. The Morgan fingerprint density at radius 3 is 2.55 bits per heavy atom. The van der Waals surface area contributed by atoms with E-state index in [2.05, 4.69) is 25.9 Å². The average molecular weight is 409 g/mol. The highest BCUT2D eigenvalue weighted by Gasteiger charge is 2.11. The van der Waals surface area contributed by atoms with Gasteiger partial charge in [-0.25, -0.2) is 4.98 Å². The predicted molar refractivity (Wildman–Crippen MR) is 111 cm³/mol.